The summed E-state index contributed by atoms with van der Waals surface area (Å²) < 4.78 is 13.1. The first-order valence-electron chi connectivity index (χ1n) is 15.6. The Bertz CT molecular complexity index is 1480. The van der Waals surface area contributed by atoms with E-state index in [9.17, 15) is 9.59 Å². The molecule has 0 spiro atoms. The van der Waals surface area contributed by atoms with Crippen LogP contribution >= 0.6 is 0 Å². The highest BCUT2D eigenvalue weighted by Gasteiger charge is 2.63. The summed E-state index contributed by atoms with van der Waals surface area (Å²) in [5.41, 5.74) is 7.64. The highest BCUT2D eigenvalue weighted by atomic mass is 16.5. The Morgan fingerprint density at radius 2 is 1.78 bits per heavy atom. The Labute approximate surface area is 244 Å². The quantitative estimate of drug-likeness (QED) is 0.274. The molecule has 2 aliphatic heterocycles. The van der Waals surface area contributed by atoms with E-state index >= 15 is 0 Å². The van der Waals surface area contributed by atoms with Crippen LogP contribution in [-0.4, -0.2) is 54.8 Å². The number of benzene rings is 2. The molecule has 3 aliphatic rings. The number of carbonyl (C=O) groups is 2. The molecular weight excluding hydrogens is 512 g/mol. The number of morpholine rings is 1. The van der Waals surface area contributed by atoms with Crippen LogP contribution in [0, 0.1) is 5.41 Å². The first-order chi connectivity index (χ1) is 19.8. The van der Waals surface area contributed by atoms with Crippen LogP contribution in [-0.2, 0) is 20.8 Å². The maximum Gasteiger partial charge on any atom is 0.337 e. The molecule has 1 amide bonds. The lowest BCUT2D eigenvalue weighted by Gasteiger charge is -2.31. The summed E-state index contributed by atoms with van der Waals surface area (Å²) >= 11 is 0. The molecule has 218 valence electrons. The van der Waals surface area contributed by atoms with E-state index in [2.05, 4.69) is 56.5 Å². The Kier molecular flexibility index (Phi) is 7.48. The van der Waals surface area contributed by atoms with Gasteiger partial charge in [0.1, 0.15) is 0 Å². The Balaban J connectivity index is 1.64. The summed E-state index contributed by atoms with van der Waals surface area (Å²) in [5, 5.41) is 1.20. The summed E-state index contributed by atoms with van der Waals surface area (Å²) in [4.78, 5) is 29.1. The minimum atomic E-state index is -0.484. The molecule has 2 atom stereocenters. The molecule has 0 radical (unpaired) electrons. The van der Waals surface area contributed by atoms with Crippen molar-refractivity contribution in [3.63, 3.8) is 0 Å². The fourth-order valence-corrected chi connectivity index (χ4v) is 7.62. The monoisotopic (exact) mass is 556 g/mol. The Hall–Kier alpha value is -3.12. The van der Waals surface area contributed by atoms with E-state index in [-0.39, 0.29) is 17.8 Å². The summed E-state index contributed by atoms with van der Waals surface area (Å²) in [7, 11) is 1.43. The van der Waals surface area contributed by atoms with Gasteiger partial charge in [0.25, 0.3) is 0 Å². The molecule has 1 saturated carbocycles. The fraction of sp³-hybridized carbons (Fsp3) is 0.543. The van der Waals surface area contributed by atoms with Gasteiger partial charge in [-0.1, -0.05) is 64.8 Å². The Morgan fingerprint density at radius 1 is 1.05 bits per heavy atom. The molecule has 0 bridgehead atoms. The lowest BCUT2D eigenvalue weighted by Crippen LogP contribution is -2.45. The SMILES string of the molecule is CCCC(CCC)c1c2n(c3cc(C(=O)OC)ccc13)CC1(C(=O)N3CCOCC3)CC1c1cc(C(C)C)ccc1-2. The number of hydrogen-bond donors (Lipinski definition) is 0. The highest BCUT2D eigenvalue weighted by molar-refractivity contribution is 6.00. The summed E-state index contributed by atoms with van der Waals surface area (Å²) in [6, 6.07) is 13.0. The zero-order valence-electron chi connectivity index (χ0n) is 25.3. The van der Waals surface area contributed by atoms with Crippen LogP contribution in [0.2, 0.25) is 0 Å². The van der Waals surface area contributed by atoms with Gasteiger partial charge in [-0.15, -0.1) is 0 Å². The average molecular weight is 557 g/mol. The first-order valence-corrected chi connectivity index (χ1v) is 15.6. The van der Waals surface area contributed by atoms with Crippen molar-refractivity contribution < 1.29 is 19.1 Å². The van der Waals surface area contributed by atoms with Gasteiger partial charge >= 0.3 is 5.97 Å². The standard InChI is InChI=1S/C35H44N2O4/c1-6-8-23(9-7-2)31-27-13-11-25(33(38)40-5)19-30(27)37-21-35(34(39)36-14-16-41-17-15-36)20-29(35)28-18-24(22(3)4)10-12-26(28)32(31)37/h10-13,18-19,22-23,29H,6-9,14-17,20-21H2,1-5H3. The molecule has 6 heteroatoms. The second kappa shape index (κ2) is 10.9. The zero-order chi connectivity index (χ0) is 28.9. The third kappa shape index (κ3) is 4.59. The van der Waals surface area contributed by atoms with E-state index in [1.807, 2.05) is 17.0 Å². The van der Waals surface area contributed by atoms with Crippen LogP contribution in [0.25, 0.3) is 22.2 Å². The van der Waals surface area contributed by atoms with Crippen LogP contribution < -0.4 is 0 Å². The second-order valence-corrected chi connectivity index (χ2v) is 12.7. The number of methoxy groups -OCH3 is 1. The van der Waals surface area contributed by atoms with E-state index in [1.165, 1.54) is 40.4 Å². The van der Waals surface area contributed by atoms with Gasteiger partial charge in [-0.3, -0.25) is 4.79 Å². The zero-order valence-corrected chi connectivity index (χ0v) is 25.3. The van der Waals surface area contributed by atoms with Crippen molar-refractivity contribution in [2.75, 3.05) is 33.4 Å². The second-order valence-electron chi connectivity index (χ2n) is 12.7. The van der Waals surface area contributed by atoms with Crippen molar-refractivity contribution in [1.82, 2.24) is 9.47 Å². The predicted molar refractivity (Wildman–Crippen MR) is 163 cm³/mol. The Morgan fingerprint density at radius 3 is 2.44 bits per heavy atom. The lowest BCUT2D eigenvalue weighted by molar-refractivity contribution is -0.141. The molecule has 2 unspecified atom stereocenters. The largest absolute Gasteiger partial charge is 0.465 e. The summed E-state index contributed by atoms with van der Waals surface area (Å²) in [5.74, 6) is 0.930. The number of rotatable bonds is 8. The van der Waals surface area contributed by atoms with Crippen LogP contribution in [0.15, 0.2) is 36.4 Å². The summed E-state index contributed by atoms with van der Waals surface area (Å²) in [6.07, 6.45) is 5.30. The molecule has 0 N–H and O–H groups in total. The van der Waals surface area contributed by atoms with Gasteiger partial charge < -0.3 is 18.9 Å². The van der Waals surface area contributed by atoms with Crippen LogP contribution in [0.5, 0.6) is 0 Å². The normalized spacial score (nSPS) is 21.4. The van der Waals surface area contributed by atoms with Crippen molar-refractivity contribution in [2.45, 2.75) is 84.1 Å². The fourth-order valence-electron chi connectivity index (χ4n) is 7.62. The summed E-state index contributed by atoms with van der Waals surface area (Å²) in [6.45, 7) is 12.1. The molecule has 2 aromatic carbocycles. The number of aromatic nitrogens is 1. The number of carbonyl (C=O) groups excluding carboxylic acids is 2. The highest BCUT2D eigenvalue weighted by Crippen LogP contribution is 2.66. The van der Waals surface area contributed by atoms with E-state index in [4.69, 9.17) is 9.47 Å². The smallest absolute Gasteiger partial charge is 0.337 e. The lowest BCUT2D eigenvalue weighted by atomic mass is 9.84. The molecule has 3 heterocycles. The van der Waals surface area contributed by atoms with E-state index in [0.717, 1.165) is 37.6 Å². The maximum atomic E-state index is 14.4. The number of hydrogen-bond acceptors (Lipinski definition) is 4. The van der Waals surface area contributed by atoms with Gasteiger partial charge in [0.2, 0.25) is 5.91 Å². The van der Waals surface area contributed by atoms with Crippen molar-refractivity contribution in [3.05, 3.63) is 58.7 Å². The van der Waals surface area contributed by atoms with Gasteiger partial charge in [-0.25, -0.2) is 4.79 Å². The van der Waals surface area contributed by atoms with Gasteiger partial charge in [-0.05, 0) is 59.9 Å². The number of amides is 1. The minimum absolute atomic E-state index is 0.189. The van der Waals surface area contributed by atoms with E-state index < -0.39 is 5.41 Å². The minimum Gasteiger partial charge on any atom is -0.465 e. The molecule has 2 fully saturated rings. The van der Waals surface area contributed by atoms with Crippen LogP contribution in [0.1, 0.15) is 105 Å². The molecule has 41 heavy (non-hydrogen) atoms. The van der Waals surface area contributed by atoms with Crippen LogP contribution in [0.3, 0.4) is 0 Å². The third-order valence-electron chi connectivity index (χ3n) is 9.82. The molecule has 6 nitrogen and oxygen atoms in total. The predicted octanol–water partition coefficient (Wildman–Crippen LogP) is 7.25. The van der Waals surface area contributed by atoms with Crippen molar-refractivity contribution in [3.8, 4) is 11.3 Å². The van der Waals surface area contributed by atoms with Crippen molar-refractivity contribution in [1.29, 1.82) is 0 Å². The first kappa shape index (κ1) is 28.0. The van der Waals surface area contributed by atoms with Gasteiger partial charge in [0.05, 0.1) is 37.0 Å². The third-order valence-corrected chi connectivity index (χ3v) is 9.82. The molecule has 1 saturated heterocycles. The number of fused-ring (bicyclic) bond motifs is 7. The molecule has 1 aliphatic carbocycles. The molecule has 1 aromatic heterocycles. The van der Waals surface area contributed by atoms with E-state index in [0.29, 0.717) is 50.2 Å². The number of nitrogens with zero attached hydrogens (tertiary/aromatic N) is 2. The maximum absolute atomic E-state index is 14.4. The number of ether oxygens (including phenoxy) is 2. The molecular formula is C35H44N2O4. The molecule has 6 rings (SSSR count). The van der Waals surface area contributed by atoms with Gasteiger partial charge in [0, 0.05) is 42.0 Å². The van der Waals surface area contributed by atoms with Crippen molar-refractivity contribution >= 4 is 22.8 Å². The molecule has 3 aromatic rings. The van der Waals surface area contributed by atoms with Gasteiger partial charge in [-0.2, -0.15) is 0 Å². The van der Waals surface area contributed by atoms with E-state index in [1.54, 1.807) is 0 Å². The number of esters is 1. The topological polar surface area (TPSA) is 60.8 Å². The van der Waals surface area contributed by atoms with Crippen LogP contribution in [0.4, 0.5) is 0 Å². The van der Waals surface area contributed by atoms with Crippen molar-refractivity contribution in [2.24, 2.45) is 5.41 Å². The van der Waals surface area contributed by atoms with Gasteiger partial charge in [0.15, 0.2) is 0 Å². The average Bonchev–Trinajstić information content (AvgIpc) is 3.66.